The van der Waals surface area contributed by atoms with E-state index >= 15 is 0 Å². The van der Waals surface area contributed by atoms with E-state index in [-0.39, 0.29) is 5.41 Å². The SMILES string of the molecule is CC1(C)c2ccccc2-c2ccc(N(c3ccc4c(c3)-c3ccccc3-c3ccccc3N4c3ccccc3)c3ccc4c(c3)C3(c5ccccc5-c5ccccc5-4)c4ccccc4-c4cc5oc6ccccc6c5cc43)cc21. The molecule has 13 aromatic rings. The molecule has 0 bridgehead atoms. The summed E-state index contributed by atoms with van der Waals surface area (Å²) in [5.41, 5.74) is 29.9. The number of hydrogen-bond donors (Lipinski definition) is 0. The van der Waals surface area contributed by atoms with Crippen LogP contribution in [-0.2, 0) is 10.8 Å². The van der Waals surface area contributed by atoms with Gasteiger partial charge in [0.15, 0.2) is 0 Å². The molecule has 0 saturated carbocycles. The van der Waals surface area contributed by atoms with Gasteiger partial charge in [-0.1, -0.05) is 202 Å². The number of rotatable bonds is 4. The smallest absolute Gasteiger partial charge is 0.136 e. The first-order valence-corrected chi connectivity index (χ1v) is 27.6. The van der Waals surface area contributed by atoms with E-state index in [9.17, 15) is 0 Å². The second kappa shape index (κ2) is 16.3. The third-order valence-electron chi connectivity index (χ3n) is 18.0. The third kappa shape index (κ3) is 6.02. The highest BCUT2D eigenvalue weighted by Gasteiger charge is 2.50. The molecule has 2 heterocycles. The average molecular weight is 1010 g/mol. The number of benzene rings is 12. The molecule has 1 atom stereocenters. The highest BCUT2D eigenvalue weighted by molar-refractivity contribution is 6.09. The highest BCUT2D eigenvalue weighted by atomic mass is 16.3. The fourth-order valence-electron chi connectivity index (χ4n) is 14.6. The van der Waals surface area contributed by atoms with Crippen molar-refractivity contribution in [2.45, 2.75) is 24.7 Å². The number of anilines is 6. The summed E-state index contributed by atoms with van der Waals surface area (Å²) in [6.45, 7) is 4.77. The predicted molar refractivity (Wildman–Crippen MR) is 327 cm³/mol. The predicted octanol–water partition coefficient (Wildman–Crippen LogP) is 20.5. The average Bonchev–Trinajstić information content (AvgIpc) is 2.96. The van der Waals surface area contributed by atoms with E-state index in [1.807, 2.05) is 0 Å². The maximum Gasteiger partial charge on any atom is 0.136 e. The van der Waals surface area contributed by atoms with Crippen molar-refractivity contribution in [3.63, 3.8) is 0 Å². The van der Waals surface area contributed by atoms with Crippen LogP contribution in [0.15, 0.2) is 271 Å². The zero-order valence-corrected chi connectivity index (χ0v) is 43.7. The van der Waals surface area contributed by atoms with E-state index in [2.05, 4.69) is 291 Å². The first-order valence-electron chi connectivity index (χ1n) is 27.6. The summed E-state index contributed by atoms with van der Waals surface area (Å²) in [5, 5.41) is 2.25. The molecule has 0 N–H and O–H groups in total. The molecule has 4 aliphatic rings. The molecule has 1 aliphatic heterocycles. The Morgan fingerprint density at radius 1 is 0.291 bits per heavy atom. The van der Waals surface area contributed by atoms with Crippen molar-refractivity contribution in [1.82, 2.24) is 0 Å². The Bertz CT molecular complexity index is 4730. The Balaban J connectivity index is 0.978. The minimum absolute atomic E-state index is 0.215. The molecule has 1 aromatic heterocycles. The fourth-order valence-corrected chi connectivity index (χ4v) is 14.6. The summed E-state index contributed by atoms with van der Waals surface area (Å²) in [7, 11) is 0. The normalized spacial score (nSPS) is 15.3. The Morgan fingerprint density at radius 3 is 1.44 bits per heavy atom. The summed E-state index contributed by atoms with van der Waals surface area (Å²) < 4.78 is 6.71. The molecule has 79 heavy (non-hydrogen) atoms. The summed E-state index contributed by atoms with van der Waals surface area (Å²) in [4.78, 5) is 4.99. The van der Waals surface area contributed by atoms with Gasteiger partial charge < -0.3 is 14.2 Å². The lowest BCUT2D eigenvalue weighted by atomic mass is 9.65. The van der Waals surface area contributed by atoms with Gasteiger partial charge in [-0.15, -0.1) is 0 Å². The fraction of sp³-hybridized carbons (Fsp3) is 0.0526. The highest BCUT2D eigenvalue weighted by Crippen LogP contribution is 2.63. The standard InChI is InChI=1S/C76H50N2O/c1-75(2)65-31-15-10-27-56(65)59-40-37-49(43-68(59)75)77(48-38-41-72-63(42-48)54-25-9-8-24-53(54)60-29-13-18-34-71(60)78(72)47-20-4-3-5-21-47)50-36-39-58-52-23-7-6-22-51(52)55-26-11-16-32-66(55)76(69(58)44-50)67-33-17-12-28-57(67)62-46-74-64(45-70(62)76)61-30-14-19-35-73(61)79-74/h3-46H,1-2H3. The Morgan fingerprint density at radius 2 is 0.747 bits per heavy atom. The van der Waals surface area contributed by atoms with Crippen molar-refractivity contribution >= 4 is 56.1 Å². The summed E-state index contributed by atoms with van der Waals surface area (Å²) in [5.74, 6) is 0. The Kier molecular flexibility index (Phi) is 9.11. The monoisotopic (exact) mass is 1010 g/mol. The molecule has 0 radical (unpaired) electrons. The van der Waals surface area contributed by atoms with Crippen LogP contribution in [0.4, 0.5) is 34.1 Å². The van der Waals surface area contributed by atoms with Crippen LogP contribution in [0, 0.1) is 0 Å². The summed E-state index contributed by atoms with van der Waals surface area (Å²) in [6, 6.07) is 100. The van der Waals surface area contributed by atoms with Crippen molar-refractivity contribution in [3.8, 4) is 66.8 Å². The van der Waals surface area contributed by atoms with Crippen molar-refractivity contribution in [2.75, 3.05) is 9.80 Å². The van der Waals surface area contributed by atoms with Crippen molar-refractivity contribution in [3.05, 3.63) is 300 Å². The van der Waals surface area contributed by atoms with Gasteiger partial charge in [0.2, 0.25) is 0 Å². The molecule has 0 saturated heterocycles. The molecular weight excluding hydrogens is 957 g/mol. The van der Waals surface area contributed by atoms with Crippen LogP contribution in [0.25, 0.3) is 88.7 Å². The molecule has 370 valence electrons. The minimum Gasteiger partial charge on any atom is -0.456 e. The van der Waals surface area contributed by atoms with Gasteiger partial charge in [0.1, 0.15) is 11.2 Å². The first-order chi connectivity index (χ1) is 38.9. The Labute approximate surface area is 459 Å². The van der Waals surface area contributed by atoms with Crippen LogP contribution in [0.5, 0.6) is 0 Å². The van der Waals surface area contributed by atoms with Crippen LogP contribution in [0.2, 0.25) is 0 Å². The zero-order chi connectivity index (χ0) is 52.1. The number of fused-ring (bicyclic) bond motifs is 23. The van der Waals surface area contributed by atoms with Crippen LogP contribution in [-0.4, -0.2) is 0 Å². The summed E-state index contributed by atoms with van der Waals surface area (Å²) in [6.07, 6.45) is 0. The van der Waals surface area contributed by atoms with Crippen LogP contribution >= 0.6 is 0 Å². The third-order valence-corrected chi connectivity index (χ3v) is 18.0. The van der Waals surface area contributed by atoms with E-state index < -0.39 is 5.41 Å². The Hall–Kier alpha value is -9.96. The van der Waals surface area contributed by atoms with Crippen LogP contribution < -0.4 is 9.80 Å². The second-order valence-corrected chi connectivity index (χ2v) is 22.3. The molecule has 1 spiro atoms. The number of furan rings is 1. The van der Waals surface area contributed by atoms with E-state index in [1.165, 1.54) is 94.6 Å². The van der Waals surface area contributed by atoms with Gasteiger partial charge in [0.25, 0.3) is 0 Å². The van der Waals surface area contributed by atoms with Gasteiger partial charge in [0.05, 0.1) is 16.8 Å². The quantitative estimate of drug-likeness (QED) is 0.175. The zero-order valence-electron chi connectivity index (χ0n) is 43.7. The lowest BCUT2D eigenvalue weighted by Crippen LogP contribution is -2.29. The molecule has 0 fully saturated rings. The number of nitrogens with zero attached hydrogens (tertiary/aromatic N) is 2. The van der Waals surface area contributed by atoms with Gasteiger partial charge in [-0.25, -0.2) is 0 Å². The van der Waals surface area contributed by atoms with E-state index in [1.54, 1.807) is 0 Å². The molecular formula is C76H50N2O. The van der Waals surface area contributed by atoms with Gasteiger partial charge >= 0.3 is 0 Å². The molecule has 17 rings (SSSR count). The van der Waals surface area contributed by atoms with Crippen molar-refractivity contribution in [2.24, 2.45) is 0 Å². The van der Waals surface area contributed by atoms with Crippen LogP contribution in [0.3, 0.4) is 0 Å². The molecule has 3 heteroatoms. The van der Waals surface area contributed by atoms with E-state index in [0.717, 1.165) is 61.6 Å². The molecule has 0 amide bonds. The lowest BCUT2D eigenvalue weighted by molar-refractivity contribution is 0.660. The first kappa shape index (κ1) is 44.2. The second-order valence-electron chi connectivity index (χ2n) is 22.3. The molecule has 1 unspecified atom stereocenters. The van der Waals surface area contributed by atoms with Crippen LogP contribution in [0.1, 0.15) is 47.2 Å². The number of hydrogen-bond acceptors (Lipinski definition) is 3. The van der Waals surface area contributed by atoms with Crippen molar-refractivity contribution < 1.29 is 4.42 Å². The largest absolute Gasteiger partial charge is 0.456 e. The maximum atomic E-state index is 6.71. The van der Waals surface area contributed by atoms with Crippen molar-refractivity contribution in [1.29, 1.82) is 0 Å². The maximum absolute atomic E-state index is 6.71. The molecule has 3 nitrogen and oxygen atoms in total. The minimum atomic E-state index is -0.735. The topological polar surface area (TPSA) is 19.6 Å². The lowest BCUT2D eigenvalue weighted by Gasteiger charge is -2.37. The molecule has 12 aromatic carbocycles. The van der Waals surface area contributed by atoms with E-state index in [4.69, 9.17) is 4.42 Å². The van der Waals surface area contributed by atoms with Gasteiger partial charge in [-0.3, -0.25) is 0 Å². The summed E-state index contributed by atoms with van der Waals surface area (Å²) >= 11 is 0. The van der Waals surface area contributed by atoms with Gasteiger partial charge in [-0.2, -0.15) is 0 Å². The molecule has 3 aliphatic carbocycles. The van der Waals surface area contributed by atoms with Gasteiger partial charge in [-0.05, 0) is 168 Å². The number of para-hydroxylation sites is 3. The van der Waals surface area contributed by atoms with E-state index in [0.29, 0.717) is 0 Å². The van der Waals surface area contributed by atoms with Gasteiger partial charge in [0, 0.05) is 50.1 Å².